The number of methoxy groups -OCH3 is 2. The standard InChI is InChI=1S/C15H17BrN2O2S/c1-19-10-5-6-14(20-2)11(8-10)13(17)9-21-15-12(16)4-3-7-18-15/h3-8,13H,9,17H2,1-2H3. The third kappa shape index (κ3) is 4.12. The SMILES string of the molecule is COc1ccc(OC)c(C(N)CSc2ncccc2Br)c1. The predicted molar refractivity (Wildman–Crippen MR) is 89.1 cm³/mol. The lowest BCUT2D eigenvalue weighted by atomic mass is 10.1. The maximum atomic E-state index is 6.29. The van der Waals surface area contributed by atoms with Gasteiger partial charge in [0, 0.05) is 28.0 Å². The number of thioether (sulfide) groups is 1. The summed E-state index contributed by atoms with van der Waals surface area (Å²) in [6, 6.07) is 9.32. The van der Waals surface area contributed by atoms with Crippen molar-refractivity contribution in [1.29, 1.82) is 0 Å². The van der Waals surface area contributed by atoms with E-state index in [2.05, 4.69) is 20.9 Å². The molecule has 0 saturated carbocycles. The number of benzene rings is 1. The minimum atomic E-state index is -0.172. The van der Waals surface area contributed by atoms with E-state index >= 15 is 0 Å². The third-order valence-corrected chi connectivity index (χ3v) is 4.99. The zero-order valence-electron chi connectivity index (χ0n) is 11.9. The normalized spacial score (nSPS) is 12.0. The van der Waals surface area contributed by atoms with Crippen LogP contribution in [0.2, 0.25) is 0 Å². The lowest BCUT2D eigenvalue weighted by Gasteiger charge is -2.16. The molecular weight excluding hydrogens is 352 g/mol. The first-order chi connectivity index (χ1) is 10.2. The maximum absolute atomic E-state index is 6.29. The molecule has 0 spiro atoms. The molecule has 1 atom stereocenters. The molecule has 1 unspecified atom stereocenters. The quantitative estimate of drug-likeness (QED) is 0.788. The predicted octanol–water partition coefficient (Wildman–Crippen LogP) is 3.65. The van der Waals surface area contributed by atoms with Gasteiger partial charge in [0.2, 0.25) is 0 Å². The van der Waals surface area contributed by atoms with Crippen molar-refractivity contribution < 1.29 is 9.47 Å². The van der Waals surface area contributed by atoms with Gasteiger partial charge in [0.05, 0.1) is 14.2 Å². The summed E-state index contributed by atoms with van der Waals surface area (Å²) in [7, 11) is 3.28. The van der Waals surface area contributed by atoms with Crippen molar-refractivity contribution in [2.24, 2.45) is 5.73 Å². The Kier molecular flexibility index (Phi) is 5.90. The van der Waals surface area contributed by atoms with E-state index < -0.39 is 0 Å². The molecule has 6 heteroatoms. The molecular formula is C15H17BrN2O2S. The molecule has 0 amide bonds. The highest BCUT2D eigenvalue weighted by molar-refractivity contribution is 9.10. The first-order valence-electron chi connectivity index (χ1n) is 6.36. The second kappa shape index (κ2) is 7.68. The van der Waals surface area contributed by atoms with E-state index in [1.807, 2.05) is 30.3 Å². The van der Waals surface area contributed by atoms with Crippen LogP contribution in [0.5, 0.6) is 11.5 Å². The van der Waals surface area contributed by atoms with Gasteiger partial charge in [-0.15, -0.1) is 11.8 Å². The van der Waals surface area contributed by atoms with Gasteiger partial charge in [0.1, 0.15) is 16.5 Å². The third-order valence-electron chi connectivity index (χ3n) is 2.96. The van der Waals surface area contributed by atoms with Gasteiger partial charge in [-0.25, -0.2) is 4.98 Å². The van der Waals surface area contributed by atoms with E-state index in [0.29, 0.717) is 5.75 Å². The Hall–Kier alpha value is -1.24. The fourth-order valence-electron chi connectivity index (χ4n) is 1.87. The largest absolute Gasteiger partial charge is 0.497 e. The first-order valence-corrected chi connectivity index (χ1v) is 8.14. The number of nitrogens with two attached hydrogens (primary N) is 1. The Morgan fingerprint density at radius 2 is 2.10 bits per heavy atom. The number of aromatic nitrogens is 1. The van der Waals surface area contributed by atoms with Crippen molar-refractivity contribution >= 4 is 27.7 Å². The summed E-state index contributed by atoms with van der Waals surface area (Å²) in [5.74, 6) is 2.23. The van der Waals surface area contributed by atoms with Crippen LogP contribution in [0, 0.1) is 0 Å². The highest BCUT2D eigenvalue weighted by Gasteiger charge is 2.14. The zero-order chi connectivity index (χ0) is 15.2. The summed E-state index contributed by atoms with van der Waals surface area (Å²) in [4.78, 5) is 4.32. The molecule has 1 aromatic heterocycles. The number of hydrogen-bond acceptors (Lipinski definition) is 5. The van der Waals surface area contributed by atoms with Crippen LogP contribution in [-0.2, 0) is 0 Å². The Bertz CT molecular complexity index is 610. The molecule has 0 aliphatic rings. The Labute approximate surface area is 137 Å². The van der Waals surface area contributed by atoms with Crippen molar-refractivity contribution in [2.45, 2.75) is 11.1 Å². The maximum Gasteiger partial charge on any atom is 0.123 e. The molecule has 21 heavy (non-hydrogen) atoms. The van der Waals surface area contributed by atoms with E-state index in [-0.39, 0.29) is 6.04 Å². The minimum Gasteiger partial charge on any atom is -0.497 e. The fraction of sp³-hybridized carbons (Fsp3) is 0.267. The van der Waals surface area contributed by atoms with Gasteiger partial charge in [-0.05, 0) is 46.3 Å². The lowest BCUT2D eigenvalue weighted by Crippen LogP contribution is -2.14. The van der Waals surface area contributed by atoms with Crippen LogP contribution in [0.1, 0.15) is 11.6 Å². The minimum absolute atomic E-state index is 0.172. The lowest BCUT2D eigenvalue weighted by molar-refractivity contribution is 0.396. The molecule has 2 aromatic rings. The number of ether oxygens (including phenoxy) is 2. The van der Waals surface area contributed by atoms with Crippen molar-refractivity contribution in [3.8, 4) is 11.5 Å². The van der Waals surface area contributed by atoms with Crippen LogP contribution in [0.4, 0.5) is 0 Å². The van der Waals surface area contributed by atoms with E-state index in [1.165, 1.54) is 0 Å². The van der Waals surface area contributed by atoms with Gasteiger partial charge >= 0.3 is 0 Å². The van der Waals surface area contributed by atoms with Crippen molar-refractivity contribution in [3.63, 3.8) is 0 Å². The van der Waals surface area contributed by atoms with E-state index in [4.69, 9.17) is 15.2 Å². The number of pyridine rings is 1. The molecule has 0 fully saturated rings. The highest BCUT2D eigenvalue weighted by atomic mass is 79.9. The van der Waals surface area contributed by atoms with Crippen molar-refractivity contribution in [2.75, 3.05) is 20.0 Å². The summed E-state index contributed by atoms with van der Waals surface area (Å²) >= 11 is 5.09. The Morgan fingerprint density at radius 1 is 1.29 bits per heavy atom. The summed E-state index contributed by atoms with van der Waals surface area (Å²) in [5.41, 5.74) is 7.22. The average molecular weight is 369 g/mol. The first kappa shape index (κ1) is 16.1. The number of halogens is 1. The molecule has 0 radical (unpaired) electrons. The number of rotatable bonds is 6. The Morgan fingerprint density at radius 3 is 2.76 bits per heavy atom. The monoisotopic (exact) mass is 368 g/mol. The molecule has 2 N–H and O–H groups in total. The molecule has 0 bridgehead atoms. The van der Waals surface area contributed by atoms with Crippen LogP contribution in [0.25, 0.3) is 0 Å². The Balaban J connectivity index is 2.13. The van der Waals surface area contributed by atoms with Crippen LogP contribution in [0.15, 0.2) is 46.0 Å². The average Bonchev–Trinajstić information content (AvgIpc) is 2.53. The summed E-state index contributed by atoms with van der Waals surface area (Å²) in [5, 5.41) is 0.926. The molecule has 1 aromatic carbocycles. The summed E-state index contributed by atoms with van der Waals surface area (Å²) in [6.07, 6.45) is 1.77. The van der Waals surface area contributed by atoms with Gasteiger partial charge in [0.25, 0.3) is 0 Å². The summed E-state index contributed by atoms with van der Waals surface area (Å²) < 4.78 is 11.6. The molecule has 0 saturated heterocycles. The topological polar surface area (TPSA) is 57.4 Å². The van der Waals surface area contributed by atoms with Crippen LogP contribution in [-0.4, -0.2) is 25.0 Å². The molecule has 4 nitrogen and oxygen atoms in total. The summed E-state index contributed by atoms with van der Waals surface area (Å²) in [6.45, 7) is 0. The van der Waals surface area contributed by atoms with Gasteiger partial charge in [-0.3, -0.25) is 0 Å². The van der Waals surface area contributed by atoms with Gasteiger partial charge in [0.15, 0.2) is 0 Å². The van der Waals surface area contributed by atoms with Crippen molar-refractivity contribution in [3.05, 3.63) is 46.6 Å². The smallest absolute Gasteiger partial charge is 0.123 e. The molecule has 1 heterocycles. The number of nitrogens with zero attached hydrogens (tertiary/aromatic N) is 1. The van der Waals surface area contributed by atoms with E-state index in [9.17, 15) is 0 Å². The second-order valence-electron chi connectivity index (χ2n) is 4.32. The zero-order valence-corrected chi connectivity index (χ0v) is 14.3. The van der Waals surface area contributed by atoms with Gasteiger partial charge in [-0.2, -0.15) is 0 Å². The van der Waals surface area contributed by atoms with E-state index in [1.54, 1.807) is 32.2 Å². The fourth-order valence-corrected chi connectivity index (χ4v) is 3.32. The van der Waals surface area contributed by atoms with Crippen LogP contribution in [0.3, 0.4) is 0 Å². The second-order valence-corrected chi connectivity index (χ2v) is 6.18. The number of hydrogen-bond donors (Lipinski definition) is 1. The molecule has 0 aliphatic carbocycles. The van der Waals surface area contributed by atoms with Gasteiger partial charge < -0.3 is 15.2 Å². The highest BCUT2D eigenvalue weighted by Crippen LogP contribution is 2.32. The van der Waals surface area contributed by atoms with Crippen LogP contribution < -0.4 is 15.2 Å². The van der Waals surface area contributed by atoms with E-state index in [0.717, 1.165) is 26.6 Å². The molecule has 0 aliphatic heterocycles. The van der Waals surface area contributed by atoms with Crippen molar-refractivity contribution in [1.82, 2.24) is 4.98 Å². The molecule has 112 valence electrons. The van der Waals surface area contributed by atoms with Gasteiger partial charge in [-0.1, -0.05) is 0 Å². The molecule has 2 rings (SSSR count). The van der Waals surface area contributed by atoms with Crippen LogP contribution >= 0.6 is 27.7 Å².